The van der Waals surface area contributed by atoms with Gasteiger partial charge in [-0.3, -0.25) is 0 Å². The lowest BCUT2D eigenvalue weighted by molar-refractivity contribution is -0.116. The highest BCUT2D eigenvalue weighted by molar-refractivity contribution is 6.32. The van der Waals surface area contributed by atoms with Crippen LogP contribution >= 0.6 is 11.6 Å². The minimum atomic E-state index is 0.192. The maximum atomic E-state index is 10.8. The molecule has 1 rings (SSSR count). The number of halogens is 1. The first-order valence-corrected chi connectivity index (χ1v) is 4.83. The summed E-state index contributed by atoms with van der Waals surface area (Å²) < 4.78 is 5.03. The van der Waals surface area contributed by atoms with Gasteiger partial charge in [-0.25, -0.2) is 0 Å². The Morgan fingerprint density at radius 2 is 2.21 bits per heavy atom. The Morgan fingerprint density at radius 1 is 1.50 bits per heavy atom. The summed E-state index contributed by atoms with van der Waals surface area (Å²) in [5.74, 6) is 0.857. The molecule has 76 valence electrons. The Hall–Kier alpha value is -1.02. The molecule has 0 amide bonds. The maximum absolute atomic E-state index is 10.8. The van der Waals surface area contributed by atoms with Gasteiger partial charge in [0.05, 0.1) is 12.1 Å². The van der Waals surface area contributed by atoms with E-state index < -0.39 is 0 Å². The molecule has 3 heteroatoms. The van der Waals surface area contributed by atoms with Crippen LogP contribution in [0.25, 0.3) is 0 Å². The summed E-state index contributed by atoms with van der Waals surface area (Å²) in [6.45, 7) is 1.59. The molecule has 0 aliphatic rings. The Morgan fingerprint density at radius 3 is 2.71 bits per heavy atom. The Balaban J connectivity index is 2.71. The fourth-order valence-corrected chi connectivity index (χ4v) is 1.47. The van der Waals surface area contributed by atoms with Gasteiger partial charge in [0.2, 0.25) is 0 Å². The molecule has 2 nitrogen and oxygen atoms in total. The van der Waals surface area contributed by atoms with E-state index in [0.717, 1.165) is 12.0 Å². The van der Waals surface area contributed by atoms with Crippen LogP contribution in [0.3, 0.4) is 0 Å². The zero-order valence-electron chi connectivity index (χ0n) is 8.34. The summed E-state index contributed by atoms with van der Waals surface area (Å²) in [5, 5.41) is 0.591. The standard InChI is InChI=1S/C11H13ClO2/c1-8(13)3-4-9-5-6-11(14-2)10(12)7-9/h5-7H,3-4H2,1-2H3. The molecule has 1 aromatic carbocycles. The van der Waals surface area contributed by atoms with Crippen molar-refractivity contribution >= 4 is 17.4 Å². The number of aryl methyl sites for hydroxylation is 1. The molecule has 0 aromatic heterocycles. The smallest absolute Gasteiger partial charge is 0.137 e. The predicted octanol–water partition coefficient (Wildman–Crippen LogP) is 2.87. The highest BCUT2D eigenvalue weighted by Crippen LogP contribution is 2.25. The molecule has 14 heavy (non-hydrogen) atoms. The zero-order chi connectivity index (χ0) is 10.6. The number of ether oxygens (including phenoxy) is 1. The summed E-state index contributed by atoms with van der Waals surface area (Å²) in [5.41, 5.74) is 1.06. The minimum absolute atomic E-state index is 0.192. The van der Waals surface area contributed by atoms with E-state index in [4.69, 9.17) is 16.3 Å². The van der Waals surface area contributed by atoms with Crippen molar-refractivity contribution in [3.05, 3.63) is 28.8 Å². The normalized spacial score (nSPS) is 9.93. The lowest BCUT2D eigenvalue weighted by Gasteiger charge is -2.04. The van der Waals surface area contributed by atoms with Crippen molar-refractivity contribution in [2.75, 3.05) is 7.11 Å². The first-order valence-electron chi connectivity index (χ1n) is 4.45. The topological polar surface area (TPSA) is 26.3 Å². The summed E-state index contributed by atoms with van der Waals surface area (Å²) >= 11 is 5.93. The number of rotatable bonds is 4. The second-order valence-corrected chi connectivity index (χ2v) is 3.58. The van der Waals surface area contributed by atoms with Crippen LogP contribution in [0.5, 0.6) is 5.75 Å². The fraction of sp³-hybridized carbons (Fsp3) is 0.364. The van der Waals surface area contributed by atoms with Crippen LogP contribution in [0.1, 0.15) is 18.9 Å². The molecule has 0 atom stereocenters. The van der Waals surface area contributed by atoms with Gasteiger partial charge in [0.1, 0.15) is 11.5 Å². The first-order chi connectivity index (χ1) is 6.63. The van der Waals surface area contributed by atoms with Gasteiger partial charge in [-0.05, 0) is 31.0 Å². The third-order valence-electron chi connectivity index (χ3n) is 1.98. The van der Waals surface area contributed by atoms with Gasteiger partial charge < -0.3 is 9.53 Å². The number of methoxy groups -OCH3 is 1. The van der Waals surface area contributed by atoms with Gasteiger partial charge in [0, 0.05) is 6.42 Å². The van der Waals surface area contributed by atoms with Crippen molar-refractivity contribution in [2.24, 2.45) is 0 Å². The highest BCUT2D eigenvalue weighted by atomic mass is 35.5. The van der Waals surface area contributed by atoms with Crippen molar-refractivity contribution in [2.45, 2.75) is 19.8 Å². The number of hydrogen-bond donors (Lipinski definition) is 0. The summed E-state index contributed by atoms with van der Waals surface area (Å²) in [7, 11) is 1.58. The van der Waals surface area contributed by atoms with Crippen LogP contribution in [-0.4, -0.2) is 12.9 Å². The summed E-state index contributed by atoms with van der Waals surface area (Å²) in [6, 6.07) is 5.58. The molecule has 0 spiro atoms. The number of hydrogen-bond acceptors (Lipinski definition) is 2. The van der Waals surface area contributed by atoms with Gasteiger partial charge in [-0.2, -0.15) is 0 Å². The first kappa shape index (κ1) is 11.1. The van der Waals surface area contributed by atoms with Gasteiger partial charge in [-0.15, -0.1) is 0 Å². The van der Waals surface area contributed by atoms with Crippen LogP contribution in [0, 0.1) is 0 Å². The SMILES string of the molecule is COc1ccc(CCC(C)=O)cc1Cl. The summed E-state index contributed by atoms with van der Waals surface area (Å²) in [6.07, 6.45) is 1.29. The molecule has 0 saturated carbocycles. The largest absolute Gasteiger partial charge is 0.495 e. The van der Waals surface area contributed by atoms with Crippen molar-refractivity contribution in [3.63, 3.8) is 0 Å². The molecular formula is C11H13ClO2. The summed E-state index contributed by atoms with van der Waals surface area (Å²) in [4.78, 5) is 10.8. The van der Waals surface area contributed by atoms with Gasteiger partial charge in [0.15, 0.2) is 0 Å². The highest BCUT2D eigenvalue weighted by Gasteiger charge is 2.02. The molecule has 0 aliphatic carbocycles. The lowest BCUT2D eigenvalue weighted by Crippen LogP contribution is -1.94. The molecule has 0 saturated heterocycles. The number of carbonyl (C=O) groups excluding carboxylic acids is 1. The Bertz CT molecular complexity index is 334. The van der Waals surface area contributed by atoms with E-state index >= 15 is 0 Å². The lowest BCUT2D eigenvalue weighted by atomic mass is 10.1. The molecular weight excluding hydrogens is 200 g/mol. The monoisotopic (exact) mass is 212 g/mol. The van der Waals surface area contributed by atoms with Crippen LogP contribution < -0.4 is 4.74 Å². The second kappa shape index (κ2) is 5.01. The zero-order valence-corrected chi connectivity index (χ0v) is 9.10. The van der Waals surface area contributed by atoms with Crippen LogP contribution in [-0.2, 0) is 11.2 Å². The average Bonchev–Trinajstić information content (AvgIpc) is 2.15. The number of carbonyl (C=O) groups is 1. The van der Waals surface area contributed by atoms with Crippen molar-refractivity contribution in [1.29, 1.82) is 0 Å². The predicted molar refractivity (Wildman–Crippen MR) is 57.0 cm³/mol. The van der Waals surface area contributed by atoms with Crippen LogP contribution in [0.4, 0.5) is 0 Å². The van der Waals surface area contributed by atoms with E-state index in [1.54, 1.807) is 14.0 Å². The number of Topliss-reactive ketones (excluding diaryl/α,β-unsaturated/α-hetero) is 1. The second-order valence-electron chi connectivity index (χ2n) is 3.17. The van der Waals surface area contributed by atoms with E-state index in [-0.39, 0.29) is 5.78 Å². The molecule has 1 aromatic rings. The molecule has 0 bridgehead atoms. The van der Waals surface area contributed by atoms with E-state index in [1.807, 2.05) is 18.2 Å². The Labute approximate surface area is 88.8 Å². The van der Waals surface area contributed by atoms with Crippen LogP contribution in [0.2, 0.25) is 5.02 Å². The number of ketones is 1. The molecule has 0 aliphatic heterocycles. The van der Waals surface area contributed by atoms with E-state index in [0.29, 0.717) is 17.2 Å². The molecule has 0 radical (unpaired) electrons. The average molecular weight is 213 g/mol. The molecule has 0 fully saturated rings. The van der Waals surface area contributed by atoms with E-state index in [1.165, 1.54) is 0 Å². The Kier molecular flexibility index (Phi) is 3.96. The quantitative estimate of drug-likeness (QED) is 0.767. The van der Waals surface area contributed by atoms with E-state index in [9.17, 15) is 4.79 Å². The van der Waals surface area contributed by atoms with Crippen LogP contribution in [0.15, 0.2) is 18.2 Å². The minimum Gasteiger partial charge on any atom is -0.495 e. The van der Waals surface area contributed by atoms with E-state index in [2.05, 4.69) is 0 Å². The van der Waals surface area contributed by atoms with Gasteiger partial charge in [0.25, 0.3) is 0 Å². The molecule has 0 unspecified atom stereocenters. The number of benzene rings is 1. The molecule has 0 N–H and O–H groups in total. The van der Waals surface area contributed by atoms with Gasteiger partial charge >= 0.3 is 0 Å². The van der Waals surface area contributed by atoms with Crippen molar-refractivity contribution < 1.29 is 9.53 Å². The van der Waals surface area contributed by atoms with Gasteiger partial charge in [-0.1, -0.05) is 17.7 Å². The van der Waals surface area contributed by atoms with Crippen molar-refractivity contribution in [1.82, 2.24) is 0 Å². The third-order valence-corrected chi connectivity index (χ3v) is 2.28. The third kappa shape index (κ3) is 3.04. The van der Waals surface area contributed by atoms with Crippen molar-refractivity contribution in [3.8, 4) is 5.75 Å². The fourth-order valence-electron chi connectivity index (χ4n) is 1.19. The molecule has 0 heterocycles. The maximum Gasteiger partial charge on any atom is 0.137 e.